The summed E-state index contributed by atoms with van der Waals surface area (Å²) in [5.41, 5.74) is 1.73. The van der Waals surface area contributed by atoms with Gasteiger partial charge < -0.3 is 25.5 Å². The molecule has 36 heavy (non-hydrogen) atoms. The molecule has 1 aliphatic rings. The summed E-state index contributed by atoms with van der Waals surface area (Å²) in [6, 6.07) is 3.79. The van der Waals surface area contributed by atoms with Crippen molar-refractivity contribution in [2.24, 2.45) is 10.7 Å². The van der Waals surface area contributed by atoms with Crippen LogP contribution in [0.1, 0.15) is 40.4 Å². The Balaban J connectivity index is 2.19. The van der Waals surface area contributed by atoms with Crippen molar-refractivity contribution in [2.45, 2.75) is 26.1 Å². The van der Waals surface area contributed by atoms with Gasteiger partial charge in [0.15, 0.2) is 16.5 Å². The summed E-state index contributed by atoms with van der Waals surface area (Å²) in [6.07, 6.45) is -4.99. The molecule has 0 radical (unpaired) electrons. The number of amidine groups is 1. The number of anilines is 1. The Bertz CT molecular complexity index is 1410. The average Bonchev–Trinajstić information content (AvgIpc) is 3.28. The van der Waals surface area contributed by atoms with Gasteiger partial charge in [-0.1, -0.05) is 0 Å². The van der Waals surface area contributed by atoms with E-state index in [9.17, 15) is 36.3 Å². The molecule has 1 aromatic heterocycles. The van der Waals surface area contributed by atoms with E-state index in [1.54, 1.807) is 26.0 Å². The Hall–Kier alpha value is -4.01. The van der Waals surface area contributed by atoms with Crippen LogP contribution in [0.4, 0.5) is 18.9 Å². The lowest BCUT2D eigenvalue weighted by molar-refractivity contribution is -0.138. The lowest BCUT2D eigenvalue weighted by atomic mass is 10.0. The number of phenols is 1. The first-order chi connectivity index (χ1) is 16.5. The molecule has 0 fully saturated rings. The number of amides is 2. The molecule has 0 saturated carbocycles. The third-order valence-electron chi connectivity index (χ3n) is 5.05. The summed E-state index contributed by atoms with van der Waals surface area (Å²) in [5, 5.41) is 13.1. The first-order valence-corrected chi connectivity index (χ1v) is 11.7. The number of aryl methyl sites for hydroxylation is 1. The number of rotatable bonds is 6. The molecule has 11 nitrogen and oxygen atoms in total. The van der Waals surface area contributed by atoms with Gasteiger partial charge in [-0.2, -0.15) is 13.2 Å². The van der Waals surface area contributed by atoms with Gasteiger partial charge in [0.2, 0.25) is 0 Å². The van der Waals surface area contributed by atoms with Crippen molar-refractivity contribution >= 4 is 33.4 Å². The first-order valence-electron chi connectivity index (χ1n) is 10.2. The molecule has 3 rings (SSSR count). The van der Waals surface area contributed by atoms with E-state index in [1.807, 2.05) is 0 Å². The van der Waals surface area contributed by atoms with Crippen molar-refractivity contribution in [3.05, 3.63) is 57.5 Å². The monoisotopic (exact) mass is 529 g/mol. The van der Waals surface area contributed by atoms with Gasteiger partial charge in [0.1, 0.15) is 23.3 Å². The summed E-state index contributed by atoms with van der Waals surface area (Å²) < 4.78 is 73.3. The van der Waals surface area contributed by atoms with Gasteiger partial charge in [0.25, 0.3) is 21.8 Å². The van der Waals surface area contributed by atoms with Crippen molar-refractivity contribution in [1.82, 2.24) is 9.62 Å². The van der Waals surface area contributed by atoms with Crippen LogP contribution in [0.5, 0.6) is 5.75 Å². The van der Waals surface area contributed by atoms with Crippen LogP contribution < -0.4 is 15.8 Å². The largest absolute Gasteiger partial charge is 0.505 e. The van der Waals surface area contributed by atoms with Crippen molar-refractivity contribution in [3.8, 4) is 5.75 Å². The van der Waals surface area contributed by atoms with Crippen molar-refractivity contribution in [1.29, 1.82) is 0 Å². The Kier molecular flexibility index (Phi) is 6.81. The number of aliphatic imine (C=N–C) groups is 1. The van der Waals surface area contributed by atoms with Crippen LogP contribution in [-0.2, 0) is 21.0 Å². The minimum absolute atomic E-state index is 0.349. The molecule has 15 heteroatoms. The highest BCUT2D eigenvalue weighted by molar-refractivity contribution is 7.95. The third-order valence-corrected chi connectivity index (χ3v) is 6.45. The topological polar surface area (TPSA) is 167 Å². The molecule has 0 saturated heterocycles. The van der Waals surface area contributed by atoms with Crippen LogP contribution in [0.15, 0.2) is 44.3 Å². The molecule has 0 unspecified atom stereocenters. The number of sulfonamides is 1. The number of hydrogen-bond donors (Lipinski definition) is 4. The van der Waals surface area contributed by atoms with Crippen LogP contribution in [0.25, 0.3) is 0 Å². The number of carbonyl (C=O) groups is 2. The van der Waals surface area contributed by atoms with Gasteiger partial charge in [-0.3, -0.25) is 19.3 Å². The molecule has 0 aliphatic carbocycles. The fourth-order valence-corrected chi connectivity index (χ4v) is 4.56. The fraction of sp³-hybridized carbons (Fsp3) is 0.286. The third kappa shape index (κ3) is 5.00. The Labute approximate surface area is 203 Å². The molecule has 2 aromatic rings. The molecule has 1 aromatic carbocycles. The molecule has 1 atom stereocenters. The summed E-state index contributed by atoms with van der Waals surface area (Å²) in [6.45, 7) is 3.24. The van der Waals surface area contributed by atoms with Crippen molar-refractivity contribution in [3.63, 3.8) is 0 Å². The molecular weight excluding hydrogens is 507 g/mol. The predicted octanol–water partition coefficient (Wildman–Crippen LogP) is 2.22. The number of nitrogens with one attached hydrogen (secondary N) is 2. The molecule has 2 heterocycles. The standard InChI is InChI=1S/C21H22F3N5O6S/c1-9-5-8-13(35-9)10(2)26-19-15(17(18(25)31)36(33,34)28-19)27-12-7-6-11(21(22,23)24)14(16(12)30)20(32)29(3)4/h5-8,10,27,30H,1-4H3,(H2,25,31)(H,26,28)/t10-/m1/s1. The number of halogens is 3. The van der Waals surface area contributed by atoms with E-state index >= 15 is 0 Å². The zero-order chi connectivity index (χ0) is 27.2. The number of aromatic hydroxyl groups is 1. The smallest absolute Gasteiger partial charge is 0.417 e. The van der Waals surface area contributed by atoms with E-state index in [0.29, 0.717) is 17.6 Å². The van der Waals surface area contributed by atoms with Crippen LogP contribution in [0.3, 0.4) is 0 Å². The summed E-state index contributed by atoms with van der Waals surface area (Å²) in [4.78, 5) is 28.6. The van der Waals surface area contributed by atoms with Gasteiger partial charge in [-0.25, -0.2) is 8.42 Å². The SMILES string of the molecule is Cc1ccc([C@@H](C)N=C2NS(=O)(=O)C(C(N)=O)=C2Nc2ccc(C(F)(F)F)c(C(=O)N(C)C)c2O)o1. The molecule has 194 valence electrons. The van der Waals surface area contributed by atoms with Crippen molar-refractivity contribution < 1.29 is 40.7 Å². The second-order valence-electron chi connectivity index (χ2n) is 7.98. The highest BCUT2D eigenvalue weighted by atomic mass is 32.2. The molecule has 0 spiro atoms. The second-order valence-corrected chi connectivity index (χ2v) is 9.60. The minimum atomic E-state index is -4.99. The number of alkyl halides is 3. The van der Waals surface area contributed by atoms with E-state index in [4.69, 9.17) is 10.2 Å². The van der Waals surface area contributed by atoms with Gasteiger partial charge in [0, 0.05) is 14.1 Å². The van der Waals surface area contributed by atoms with E-state index in [0.717, 1.165) is 11.0 Å². The van der Waals surface area contributed by atoms with E-state index in [-0.39, 0.29) is 0 Å². The van der Waals surface area contributed by atoms with Gasteiger partial charge in [0.05, 0.1) is 16.8 Å². The summed E-state index contributed by atoms with van der Waals surface area (Å²) in [5.74, 6) is -3.19. The summed E-state index contributed by atoms with van der Waals surface area (Å²) in [7, 11) is -2.14. The van der Waals surface area contributed by atoms with Gasteiger partial charge >= 0.3 is 6.18 Å². The van der Waals surface area contributed by atoms with E-state index < -0.39 is 73.1 Å². The average molecular weight is 529 g/mol. The van der Waals surface area contributed by atoms with Crippen LogP contribution >= 0.6 is 0 Å². The quantitative estimate of drug-likeness (QED) is 0.416. The second kappa shape index (κ2) is 9.22. The maximum atomic E-state index is 13.5. The van der Waals surface area contributed by atoms with Crippen LogP contribution in [0.2, 0.25) is 0 Å². The first kappa shape index (κ1) is 26.6. The predicted molar refractivity (Wildman–Crippen MR) is 122 cm³/mol. The van der Waals surface area contributed by atoms with Crippen molar-refractivity contribution in [2.75, 3.05) is 19.4 Å². The van der Waals surface area contributed by atoms with Crippen LogP contribution in [-0.4, -0.2) is 50.2 Å². The number of primary amides is 1. The molecule has 5 N–H and O–H groups in total. The highest BCUT2D eigenvalue weighted by Crippen LogP contribution is 2.41. The number of nitrogens with zero attached hydrogens (tertiary/aromatic N) is 2. The van der Waals surface area contributed by atoms with E-state index in [2.05, 4.69) is 15.0 Å². The zero-order valence-electron chi connectivity index (χ0n) is 19.4. The Morgan fingerprint density at radius 1 is 1.22 bits per heavy atom. The number of benzene rings is 1. The molecule has 2 amide bonds. The lowest BCUT2D eigenvalue weighted by Crippen LogP contribution is -2.28. The van der Waals surface area contributed by atoms with Crippen LogP contribution in [0, 0.1) is 6.92 Å². The Morgan fingerprint density at radius 2 is 1.86 bits per heavy atom. The van der Waals surface area contributed by atoms with Gasteiger partial charge in [-0.15, -0.1) is 0 Å². The molecule has 1 aliphatic heterocycles. The van der Waals surface area contributed by atoms with Gasteiger partial charge in [-0.05, 0) is 38.1 Å². The maximum Gasteiger partial charge on any atom is 0.417 e. The fourth-order valence-electron chi connectivity index (χ4n) is 3.37. The maximum absolute atomic E-state index is 13.5. The number of phenolic OH excluding ortho intramolecular Hbond substituents is 1. The molecular formula is C21H22F3N5O6S. The Morgan fingerprint density at radius 3 is 2.36 bits per heavy atom. The number of carbonyl (C=O) groups excluding carboxylic acids is 2. The molecule has 0 bridgehead atoms. The number of hydrogen-bond acceptors (Lipinski definition) is 8. The lowest BCUT2D eigenvalue weighted by Gasteiger charge is -2.20. The number of nitrogens with two attached hydrogens (primary N) is 1. The zero-order valence-corrected chi connectivity index (χ0v) is 20.2. The number of furan rings is 1. The highest BCUT2D eigenvalue weighted by Gasteiger charge is 2.41. The summed E-state index contributed by atoms with van der Waals surface area (Å²) >= 11 is 0. The normalized spacial score (nSPS) is 17.1. The van der Waals surface area contributed by atoms with E-state index in [1.165, 1.54) is 14.1 Å². The minimum Gasteiger partial charge on any atom is -0.505 e.